The summed E-state index contributed by atoms with van der Waals surface area (Å²) in [6.07, 6.45) is 7.15. The summed E-state index contributed by atoms with van der Waals surface area (Å²) in [5.41, 5.74) is 0. The molecule has 0 aliphatic heterocycles. The highest BCUT2D eigenvalue weighted by Crippen LogP contribution is 2.22. The zero-order valence-electron chi connectivity index (χ0n) is 12.7. The van der Waals surface area contributed by atoms with Gasteiger partial charge in [0.1, 0.15) is 4.21 Å². The number of hydrogen-bond donors (Lipinski definition) is 2. The maximum Gasteiger partial charge on any atom is 0.250 e. The van der Waals surface area contributed by atoms with Crippen molar-refractivity contribution in [2.75, 3.05) is 13.1 Å². The van der Waals surface area contributed by atoms with Crippen molar-refractivity contribution in [3.63, 3.8) is 0 Å². The number of carbonyl (C=O) groups is 1. The van der Waals surface area contributed by atoms with Gasteiger partial charge in [-0.3, -0.25) is 4.79 Å². The maximum absolute atomic E-state index is 11.9. The molecule has 1 aliphatic carbocycles. The molecule has 2 N–H and O–H groups in total. The molecule has 0 radical (unpaired) electrons. The third kappa shape index (κ3) is 5.70. The monoisotopic (exact) mass is 344 g/mol. The van der Waals surface area contributed by atoms with Crippen LogP contribution >= 0.6 is 11.3 Å². The van der Waals surface area contributed by atoms with E-state index in [1.165, 1.54) is 43.4 Å². The summed E-state index contributed by atoms with van der Waals surface area (Å²) in [5.74, 6) is 0.635. The van der Waals surface area contributed by atoms with Crippen molar-refractivity contribution in [1.82, 2.24) is 10.0 Å². The van der Waals surface area contributed by atoms with Crippen molar-refractivity contribution < 1.29 is 13.2 Å². The maximum atomic E-state index is 11.9. The molecular weight excluding hydrogens is 320 g/mol. The minimum atomic E-state index is -3.41. The molecule has 1 aromatic heterocycles. The Hall–Kier alpha value is -0.920. The van der Waals surface area contributed by atoms with Crippen LogP contribution in [0.4, 0.5) is 0 Å². The van der Waals surface area contributed by atoms with Crippen LogP contribution in [0.2, 0.25) is 0 Å². The summed E-state index contributed by atoms with van der Waals surface area (Å²) in [6, 6.07) is 3.28. The number of rotatable bonds is 8. The molecule has 1 aromatic rings. The van der Waals surface area contributed by atoms with Crippen LogP contribution in [0.15, 0.2) is 21.7 Å². The molecule has 124 valence electrons. The van der Waals surface area contributed by atoms with Crippen molar-refractivity contribution in [3.05, 3.63) is 17.5 Å². The molecule has 0 aromatic carbocycles. The van der Waals surface area contributed by atoms with E-state index in [0.29, 0.717) is 23.0 Å². The fourth-order valence-corrected chi connectivity index (χ4v) is 4.79. The Balaban J connectivity index is 1.59. The molecule has 0 unspecified atom stereocenters. The summed E-state index contributed by atoms with van der Waals surface area (Å²) >= 11 is 1.19. The first-order valence-corrected chi connectivity index (χ1v) is 10.2. The largest absolute Gasteiger partial charge is 0.356 e. The number of carbonyl (C=O) groups excluding carboxylic acids is 1. The summed E-state index contributed by atoms with van der Waals surface area (Å²) < 4.78 is 26.6. The normalized spacial score (nSPS) is 16.5. The number of thiophene rings is 1. The fraction of sp³-hybridized carbons (Fsp3) is 0.667. The number of hydrogen-bond acceptors (Lipinski definition) is 4. The molecule has 0 saturated heterocycles. The van der Waals surface area contributed by atoms with E-state index in [0.717, 1.165) is 6.54 Å². The number of sulfonamides is 1. The lowest BCUT2D eigenvalue weighted by Crippen LogP contribution is -2.31. The van der Waals surface area contributed by atoms with Crippen molar-refractivity contribution >= 4 is 27.3 Å². The molecule has 0 bridgehead atoms. The standard InChI is InChI=1S/C15H24N2O3S2/c18-14(16-12-13-6-2-1-3-7-13)8-4-10-17-22(19,20)15-9-5-11-21-15/h5,9,11,13,17H,1-4,6-8,10,12H2,(H,16,18). The van der Waals surface area contributed by atoms with Gasteiger partial charge in [-0.15, -0.1) is 11.3 Å². The van der Waals surface area contributed by atoms with Gasteiger partial charge in [0.25, 0.3) is 0 Å². The van der Waals surface area contributed by atoms with Crippen LogP contribution in [0, 0.1) is 5.92 Å². The van der Waals surface area contributed by atoms with Gasteiger partial charge in [0.05, 0.1) is 0 Å². The van der Waals surface area contributed by atoms with Gasteiger partial charge in [-0.2, -0.15) is 0 Å². The van der Waals surface area contributed by atoms with Gasteiger partial charge in [-0.1, -0.05) is 25.3 Å². The molecule has 5 nitrogen and oxygen atoms in total. The molecule has 1 fully saturated rings. The van der Waals surface area contributed by atoms with Crippen LogP contribution in [0.1, 0.15) is 44.9 Å². The van der Waals surface area contributed by atoms with E-state index in [2.05, 4.69) is 10.0 Å². The van der Waals surface area contributed by atoms with E-state index in [1.54, 1.807) is 17.5 Å². The van der Waals surface area contributed by atoms with Crippen LogP contribution < -0.4 is 10.0 Å². The summed E-state index contributed by atoms with van der Waals surface area (Å²) in [4.78, 5) is 11.8. The molecule has 2 rings (SSSR count). The Morgan fingerprint density at radius 1 is 1.27 bits per heavy atom. The SMILES string of the molecule is O=C(CCCNS(=O)(=O)c1cccs1)NCC1CCCCC1. The van der Waals surface area contributed by atoms with Gasteiger partial charge in [0.2, 0.25) is 15.9 Å². The highest BCUT2D eigenvalue weighted by atomic mass is 32.2. The lowest BCUT2D eigenvalue weighted by molar-refractivity contribution is -0.121. The van der Waals surface area contributed by atoms with Gasteiger partial charge in [0.15, 0.2) is 0 Å². The third-order valence-corrected chi connectivity index (χ3v) is 6.80. The zero-order chi connectivity index (χ0) is 15.8. The summed E-state index contributed by atoms with van der Waals surface area (Å²) in [5, 5.41) is 4.69. The second kappa shape index (κ2) is 8.64. The molecule has 22 heavy (non-hydrogen) atoms. The third-order valence-electron chi connectivity index (χ3n) is 3.95. The van der Waals surface area contributed by atoms with Gasteiger partial charge in [-0.25, -0.2) is 13.1 Å². The molecule has 1 aliphatic rings. The highest BCUT2D eigenvalue weighted by Gasteiger charge is 2.15. The summed E-state index contributed by atoms with van der Waals surface area (Å²) in [7, 11) is -3.41. The van der Waals surface area contributed by atoms with E-state index < -0.39 is 10.0 Å². The molecule has 0 spiro atoms. The quantitative estimate of drug-likeness (QED) is 0.712. The molecular formula is C15H24N2O3S2. The lowest BCUT2D eigenvalue weighted by Gasteiger charge is -2.21. The van der Waals surface area contributed by atoms with Gasteiger partial charge < -0.3 is 5.32 Å². The van der Waals surface area contributed by atoms with Crippen molar-refractivity contribution in [3.8, 4) is 0 Å². The van der Waals surface area contributed by atoms with Crippen molar-refractivity contribution in [1.29, 1.82) is 0 Å². The smallest absolute Gasteiger partial charge is 0.250 e. The topological polar surface area (TPSA) is 75.3 Å². The first kappa shape index (κ1) is 17.4. The fourth-order valence-electron chi connectivity index (χ4n) is 2.68. The Morgan fingerprint density at radius 3 is 2.73 bits per heavy atom. The predicted octanol–water partition coefficient (Wildman–Crippen LogP) is 2.50. The number of amides is 1. The minimum absolute atomic E-state index is 0.0147. The highest BCUT2D eigenvalue weighted by molar-refractivity contribution is 7.91. The summed E-state index contributed by atoms with van der Waals surface area (Å²) in [6.45, 7) is 1.05. The Bertz CT molecular complexity index is 549. The van der Waals surface area contributed by atoms with Crippen LogP contribution in [-0.4, -0.2) is 27.4 Å². The van der Waals surface area contributed by atoms with Crippen molar-refractivity contribution in [2.24, 2.45) is 5.92 Å². The van der Waals surface area contributed by atoms with Gasteiger partial charge in [-0.05, 0) is 36.6 Å². The zero-order valence-corrected chi connectivity index (χ0v) is 14.3. The average Bonchev–Trinajstić information content (AvgIpc) is 3.06. The number of nitrogens with one attached hydrogen (secondary N) is 2. The molecule has 1 amide bonds. The van der Waals surface area contributed by atoms with Crippen LogP contribution in [0.3, 0.4) is 0 Å². The second-order valence-corrected chi connectivity index (χ2v) is 8.68. The second-order valence-electron chi connectivity index (χ2n) is 5.74. The van der Waals surface area contributed by atoms with Crippen LogP contribution in [0.5, 0.6) is 0 Å². The van der Waals surface area contributed by atoms with Gasteiger partial charge >= 0.3 is 0 Å². The predicted molar refractivity (Wildman–Crippen MR) is 88.3 cm³/mol. The Labute approximate surface area is 136 Å². The molecule has 7 heteroatoms. The lowest BCUT2D eigenvalue weighted by atomic mass is 9.89. The van der Waals surface area contributed by atoms with E-state index >= 15 is 0 Å². The molecule has 1 saturated carbocycles. The Kier molecular flexibility index (Phi) is 6.85. The first-order valence-electron chi connectivity index (χ1n) is 7.88. The average molecular weight is 345 g/mol. The van der Waals surface area contributed by atoms with E-state index in [9.17, 15) is 13.2 Å². The Morgan fingerprint density at radius 2 is 2.05 bits per heavy atom. The molecule has 1 heterocycles. The first-order chi connectivity index (χ1) is 10.6. The van der Waals surface area contributed by atoms with Crippen LogP contribution in [-0.2, 0) is 14.8 Å². The van der Waals surface area contributed by atoms with E-state index in [4.69, 9.17) is 0 Å². The minimum Gasteiger partial charge on any atom is -0.356 e. The van der Waals surface area contributed by atoms with Crippen molar-refractivity contribution in [2.45, 2.75) is 49.2 Å². The van der Waals surface area contributed by atoms with Gasteiger partial charge in [0, 0.05) is 19.5 Å². The molecule has 0 atom stereocenters. The van der Waals surface area contributed by atoms with Crippen LogP contribution in [0.25, 0.3) is 0 Å². The van der Waals surface area contributed by atoms with E-state index in [-0.39, 0.29) is 12.5 Å². The van der Waals surface area contributed by atoms with E-state index in [1.807, 2.05) is 0 Å².